The topological polar surface area (TPSA) is 84.1 Å². The minimum atomic E-state index is 0.0837. The van der Waals surface area contributed by atoms with Crippen molar-refractivity contribution < 1.29 is 4.79 Å². The first-order valence-corrected chi connectivity index (χ1v) is 8.87. The first-order valence-electron chi connectivity index (χ1n) is 8.05. The van der Waals surface area contributed by atoms with Crippen molar-refractivity contribution in [2.45, 2.75) is 26.7 Å². The number of hydrogen-bond donors (Lipinski definition) is 2. The fraction of sp³-hybridized carbons (Fsp3) is 0.562. The summed E-state index contributed by atoms with van der Waals surface area (Å²) < 4.78 is 0. The van der Waals surface area contributed by atoms with E-state index in [0.717, 1.165) is 36.6 Å². The average Bonchev–Trinajstić information content (AvgIpc) is 2.87. The fourth-order valence-corrected chi connectivity index (χ4v) is 4.09. The molecule has 0 saturated carbocycles. The molecule has 0 radical (unpaired) electrons. The van der Waals surface area contributed by atoms with Gasteiger partial charge in [0.25, 0.3) is 0 Å². The van der Waals surface area contributed by atoms with E-state index in [2.05, 4.69) is 34.0 Å². The number of aromatic nitrogens is 2. The Morgan fingerprint density at radius 2 is 2.13 bits per heavy atom. The van der Waals surface area contributed by atoms with Crippen molar-refractivity contribution in [1.29, 1.82) is 0 Å². The molecule has 0 aliphatic carbocycles. The first-order chi connectivity index (χ1) is 11.1. The molecule has 0 aromatic carbocycles. The van der Waals surface area contributed by atoms with Gasteiger partial charge in [0, 0.05) is 37.0 Å². The van der Waals surface area contributed by atoms with Gasteiger partial charge in [-0.1, -0.05) is 0 Å². The maximum atomic E-state index is 12.1. The van der Waals surface area contributed by atoms with Gasteiger partial charge in [0.15, 0.2) is 0 Å². The average molecular weight is 333 g/mol. The molecule has 2 aromatic rings. The van der Waals surface area contributed by atoms with Crippen LogP contribution in [-0.4, -0.2) is 42.1 Å². The third-order valence-electron chi connectivity index (χ3n) is 4.55. The summed E-state index contributed by atoms with van der Waals surface area (Å²) in [6, 6.07) is 0. The van der Waals surface area contributed by atoms with Gasteiger partial charge in [-0.25, -0.2) is 9.97 Å². The molecular weight excluding hydrogens is 310 g/mol. The van der Waals surface area contributed by atoms with E-state index in [-0.39, 0.29) is 11.8 Å². The number of carbonyl (C=O) groups excluding carboxylic acids is 1. The highest BCUT2D eigenvalue weighted by molar-refractivity contribution is 7.18. The van der Waals surface area contributed by atoms with Crippen LogP contribution in [0.15, 0.2) is 6.33 Å². The van der Waals surface area contributed by atoms with Gasteiger partial charge >= 0.3 is 0 Å². The second kappa shape index (κ2) is 6.80. The molecule has 3 heterocycles. The van der Waals surface area contributed by atoms with Crippen molar-refractivity contribution >= 4 is 33.3 Å². The zero-order valence-corrected chi connectivity index (χ0v) is 14.4. The van der Waals surface area contributed by atoms with Crippen LogP contribution in [-0.2, 0) is 4.79 Å². The minimum Gasteiger partial charge on any atom is -0.356 e. The van der Waals surface area contributed by atoms with Gasteiger partial charge in [0.2, 0.25) is 5.91 Å². The summed E-state index contributed by atoms with van der Waals surface area (Å²) in [6.07, 6.45) is 3.35. The summed E-state index contributed by atoms with van der Waals surface area (Å²) in [4.78, 5) is 25.6. The van der Waals surface area contributed by atoms with Crippen LogP contribution < -0.4 is 16.0 Å². The molecule has 1 fully saturated rings. The number of nitrogens with one attached hydrogen (secondary N) is 1. The lowest BCUT2D eigenvalue weighted by atomic mass is 9.95. The molecule has 1 amide bonds. The number of nitrogens with zero attached hydrogens (tertiary/aromatic N) is 3. The second-order valence-corrected chi connectivity index (χ2v) is 7.20. The number of thiophene rings is 1. The quantitative estimate of drug-likeness (QED) is 0.888. The predicted molar refractivity (Wildman–Crippen MR) is 93.9 cm³/mol. The Kier molecular flexibility index (Phi) is 4.77. The number of hydrogen-bond acceptors (Lipinski definition) is 6. The smallest absolute Gasteiger partial charge is 0.223 e. The van der Waals surface area contributed by atoms with Gasteiger partial charge in [-0.3, -0.25) is 4.79 Å². The molecular formula is C16H23N5OS. The fourth-order valence-electron chi connectivity index (χ4n) is 3.10. The molecule has 0 atom stereocenters. The van der Waals surface area contributed by atoms with Gasteiger partial charge < -0.3 is 16.0 Å². The lowest BCUT2D eigenvalue weighted by molar-refractivity contribution is -0.125. The molecule has 3 N–H and O–H groups in total. The molecule has 1 saturated heterocycles. The number of piperidine rings is 1. The summed E-state index contributed by atoms with van der Waals surface area (Å²) in [5.74, 6) is 1.23. The number of aryl methyl sites for hydroxylation is 2. The normalized spacial score (nSPS) is 16.0. The van der Waals surface area contributed by atoms with Crippen LogP contribution >= 0.6 is 11.3 Å². The van der Waals surface area contributed by atoms with Crippen LogP contribution in [0.25, 0.3) is 10.2 Å². The van der Waals surface area contributed by atoms with Crippen LogP contribution in [0.4, 0.5) is 5.82 Å². The van der Waals surface area contributed by atoms with Crippen molar-refractivity contribution in [1.82, 2.24) is 15.3 Å². The Morgan fingerprint density at radius 3 is 2.83 bits per heavy atom. The Hall–Kier alpha value is -1.73. The molecule has 1 aliphatic rings. The van der Waals surface area contributed by atoms with E-state index in [1.807, 2.05) is 0 Å². The van der Waals surface area contributed by atoms with Crippen LogP contribution in [0.3, 0.4) is 0 Å². The zero-order chi connectivity index (χ0) is 16.4. The molecule has 0 spiro atoms. The number of nitrogens with two attached hydrogens (primary N) is 1. The maximum absolute atomic E-state index is 12.1. The third-order valence-corrected chi connectivity index (χ3v) is 5.67. The molecule has 124 valence electrons. The Morgan fingerprint density at radius 1 is 1.39 bits per heavy atom. The summed E-state index contributed by atoms with van der Waals surface area (Å²) in [6.45, 7) is 7.00. The van der Waals surface area contributed by atoms with Crippen molar-refractivity contribution in [2.75, 3.05) is 31.1 Å². The van der Waals surface area contributed by atoms with Crippen LogP contribution in [0, 0.1) is 19.8 Å². The van der Waals surface area contributed by atoms with Crippen LogP contribution in [0.5, 0.6) is 0 Å². The Balaban J connectivity index is 1.74. The van der Waals surface area contributed by atoms with Gasteiger partial charge in [0.1, 0.15) is 17.0 Å². The highest BCUT2D eigenvalue weighted by Gasteiger charge is 2.27. The van der Waals surface area contributed by atoms with Crippen molar-refractivity contribution in [3.05, 3.63) is 16.8 Å². The predicted octanol–water partition coefficient (Wildman–Crippen LogP) is 1.60. The van der Waals surface area contributed by atoms with Gasteiger partial charge in [-0.05, 0) is 32.3 Å². The molecule has 7 heteroatoms. The molecule has 23 heavy (non-hydrogen) atoms. The summed E-state index contributed by atoms with van der Waals surface area (Å²) in [5, 5.41) is 4.06. The van der Waals surface area contributed by atoms with Gasteiger partial charge in [-0.15, -0.1) is 11.3 Å². The van der Waals surface area contributed by atoms with Gasteiger partial charge in [0.05, 0.1) is 5.39 Å². The highest BCUT2D eigenvalue weighted by Crippen LogP contribution is 2.35. The second-order valence-electron chi connectivity index (χ2n) is 6.00. The van der Waals surface area contributed by atoms with Crippen molar-refractivity contribution in [3.63, 3.8) is 0 Å². The van der Waals surface area contributed by atoms with E-state index in [1.54, 1.807) is 17.7 Å². The number of fused-ring (bicyclic) bond motifs is 1. The molecule has 0 bridgehead atoms. The summed E-state index contributed by atoms with van der Waals surface area (Å²) in [5.41, 5.74) is 6.70. The highest BCUT2D eigenvalue weighted by atomic mass is 32.1. The zero-order valence-electron chi connectivity index (χ0n) is 13.6. The van der Waals surface area contributed by atoms with E-state index in [0.29, 0.717) is 13.1 Å². The third kappa shape index (κ3) is 3.16. The van der Waals surface area contributed by atoms with E-state index >= 15 is 0 Å². The lowest BCUT2D eigenvalue weighted by Gasteiger charge is -2.32. The number of amides is 1. The van der Waals surface area contributed by atoms with Crippen molar-refractivity contribution in [2.24, 2.45) is 11.7 Å². The van der Waals surface area contributed by atoms with E-state index in [1.165, 1.54) is 15.8 Å². The van der Waals surface area contributed by atoms with E-state index < -0.39 is 0 Å². The number of carbonyl (C=O) groups is 1. The van der Waals surface area contributed by atoms with Crippen LogP contribution in [0.1, 0.15) is 23.3 Å². The monoisotopic (exact) mass is 333 g/mol. The largest absolute Gasteiger partial charge is 0.356 e. The van der Waals surface area contributed by atoms with E-state index in [4.69, 9.17) is 5.73 Å². The molecule has 3 rings (SSSR count). The molecule has 0 unspecified atom stereocenters. The first kappa shape index (κ1) is 16.1. The number of anilines is 1. The molecule has 1 aliphatic heterocycles. The van der Waals surface area contributed by atoms with E-state index in [9.17, 15) is 4.79 Å². The van der Waals surface area contributed by atoms with Crippen LogP contribution in [0.2, 0.25) is 0 Å². The molecule has 2 aromatic heterocycles. The lowest BCUT2D eigenvalue weighted by Crippen LogP contribution is -2.42. The maximum Gasteiger partial charge on any atom is 0.223 e. The van der Waals surface area contributed by atoms with Gasteiger partial charge in [-0.2, -0.15) is 0 Å². The SMILES string of the molecule is Cc1sc2ncnc(N3CCC(C(=O)NCCN)CC3)c2c1C. The Labute approximate surface area is 140 Å². The Bertz CT molecular complexity index is 706. The number of rotatable bonds is 4. The van der Waals surface area contributed by atoms with Crippen molar-refractivity contribution in [3.8, 4) is 0 Å². The standard InChI is InChI=1S/C16H23N5OS/c1-10-11(2)23-16-13(10)14(19-9-20-16)21-7-3-12(4-8-21)15(22)18-6-5-17/h9,12H,3-8,17H2,1-2H3,(H,18,22). The minimum absolute atomic E-state index is 0.0837. The molecule has 6 nitrogen and oxygen atoms in total. The summed E-state index contributed by atoms with van der Waals surface area (Å²) in [7, 11) is 0. The summed E-state index contributed by atoms with van der Waals surface area (Å²) >= 11 is 1.72.